The zero-order valence-corrected chi connectivity index (χ0v) is 13.8. The number of rotatable bonds is 5. The van der Waals surface area contributed by atoms with Gasteiger partial charge < -0.3 is 9.84 Å². The number of carbonyl (C=O) groups is 1. The molecular weight excluding hydrogens is 300 g/mol. The molecule has 0 radical (unpaired) electrons. The van der Waals surface area contributed by atoms with Crippen LogP contribution in [0.3, 0.4) is 0 Å². The van der Waals surface area contributed by atoms with Crippen molar-refractivity contribution in [2.75, 3.05) is 6.61 Å². The molecule has 2 aliphatic rings. The summed E-state index contributed by atoms with van der Waals surface area (Å²) >= 11 is 6.41. The van der Waals surface area contributed by atoms with Crippen LogP contribution in [0.4, 0.5) is 0 Å². The highest BCUT2D eigenvalue weighted by Crippen LogP contribution is 2.47. The molecule has 1 aromatic carbocycles. The summed E-state index contributed by atoms with van der Waals surface area (Å²) in [5.74, 6) is 0.443. The predicted octanol–water partition coefficient (Wildman–Crippen LogP) is 4.72. The number of halogens is 1. The Labute approximate surface area is 136 Å². The maximum absolute atomic E-state index is 12.0. The number of carboxylic acids is 1. The molecule has 0 bridgehead atoms. The Morgan fingerprint density at radius 2 is 2.00 bits per heavy atom. The van der Waals surface area contributed by atoms with Crippen LogP contribution in [0.2, 0.25) is 5.02 Å². The van der Waals surface area contributed by atoms with Crippen molar-refractivity contribution in [2.45, 2.75) is 57.3 Å². The molecule has 1 aromatic rings. The summed E-state index contributed by atoms with van der Waals surface area (Å²) in [6.45, 7) is 2.60. The van der Waals surface area contributed by atoms with Gasteiger partial charge in [-0.1, -0.05) is 36.9 Å². The number of carboxylic acid groups (broad SMARTS) is 1. The molecule has 0 atom stereocenters. The molecule has 0 saturated heterocycles. The molecule has 0 unspecified atom stereocenters. The fourth-order valence-corrected chi connectivity index (χ4v) is 4.00. The lowest BCUT2D eigenvalue weighted by atomic mass is 9.78. The van der Waals surface area contributed by atoms with E-state index in [1.807, 2.05) is 19.1 Å². The van der Waals surface area contributed by atoms with Gasteiger partial charge >= 0.3 is 5.97 Å². The molecule has 3 rings (SSSR count). The first-order valence-corrected chi connectivity index (χ1v) is 8.57. The molecule has 22 heavy (non-hydrogen) atoms. The number of hydrogen-bond donors (Lipinski definition) is 1. The molecule has 2 aliphatic carbocycles. The van der Waals surface area contributed by atoms with E-state index in [2.05, 4.69) is 0 Å². The smallest absolute Gasteiger partial charge is 0.314 e. The van der Waals surface area contributed by atoms with Gasteiger partial charge in [-0.05, 0) is 50.2 Å². The molecule has 0 aliphatic heterocycles. The van der Waals surface area contributed by atoms with E-state index in [0.717, 1.165) is 24.0 Å². The van der Waals surface area contributed by atoms with Gasteiger partial charge in [0.15, 0.2) is 0 Å². The molecule has 3 nitrogen and oxygen atoms in total. The molecule has 4 heteroatoms. The zero-order chi connectivity index (χ0) is 15.7. The van der Waals surface area contributed by atoms with E-state index < -0.39 is 11.4 Å². The highest BCUT2D eigenvalue weighted by molar-refractivity contribution is 6.32. The van der Waals surface area contributed by atoms with E-state index in [0.29, 0.717) is 36.1 Å². The molecule has 0 aromatic heterocycles. The van der Waals surface area contributed by atoms with Gasteiger partial charge in [-0.25, -0.2) is 0 Å². The van der Waals surface area contributed by atoms with Gasteiger partial charge in [0.2, 0.25) is 0 Å². The summed E-state index contributed by atoms with van der Waals surface area (Å²) in [4.78, 5) is 12.0. The molecule has 0 spiro atoms. The van der Waals surface area contributed by atoms with Crippen LogP contribution in [0.15, 0.2) is 12.1 Å². The maximum Gasteiger partial charge on any atom is 0.314 e. The number of aliphatic carboxylic acids is 1. The Kier molecular flexibility index (Phi) is 4.35. The third kappa shape index (κ3) is 2.71. The van der Waals surface area contributed by atoms with E-state index in [-0.39, 0.29) is 0 Å². The van der Waals surface area contributed by atoms with E-state index in [9.17, 15) is 9.90 Å². The second kappa shape index (κ2) is 6.11. The fraction of sp³-hybridized carbons (Fsp3) is 0.611. The third-order valence-corrected chi connectivity index (χ3v) is 5.54. The van der Waals surface area contributed by atoms with Crippen LogP contribution in [0.25, 0.3) is 0 Å². The highest BCUT2D eigenvalue weighted by Gasteiger charge is 2.45. The van der Waals surface area contributed by atoms with Crippen molar-refractivity contribution in [3.8, 4) is 5.75 Å². The molecule has 0 heterocycles. The maximum atomic E-state index is 12.0. The molecular formula is C18H23ClO3. The quantitative estimate of drug-likeness (QED) is 0.853. The molecule has 2 saturated carbocycles. The monoisotopic (exact) mass is 322 g/mol. The van der Waals surface area contributed by atoms with Crippen molar-refractivity contribution in [3.63, 3.8) is 0 Å². The average Bonchev–Trinajstić information content (AvgIpc) is 2.89. The van der Waals surface area contributed by atoms with Crippen molar-refractivity contribution in [3.05, 3.63) is 28.3 Å². The fourth-order valence-electron chi connectivity index (χ4n) is 3.67. The van der Waals surface area contributed by atoms with E-state index >= 15 is 0 Å². The number of hydrogen-bond acceptors (Lipinski definition) is 2. The molecule has 120 valence electrons. The van der Waals surface area contributed by atoms with Crippen LogP contribution < -0.4 is 4.74 Å². The van der Waals surface area contributed by atoms with Gasteiger partial charge in [-0.2, -0.15) is 0 Å². The van der Waals surface area contributed by atoms with Crippen molar-refractivity contribution in [1.82, 2.24) is 0 Å². The second-order valence-electron chi connectivity index (χ2n) is 6.83. The van der Waals surface area contributed by atoms with Crippen molar-refractivity contribution in [2.24, 2.45) is 5.92 Å². The number of ether oxygens (including phenoxy) is 1. The van der Waals surface area contributed by atoms with Gasteiger partial charge in [0.25, 0.3) is 0 Å². The topological polar surface area (TPSA) is 46.5 Å². The van der Waals surface area contributed by atoms with Crippen LogP contribution >= 0.6 is 11.6 Å². The van der Waals surface area contributed by atoms with Crippen LogP contribution in [0, 0.1) is 12.8 Å². The van der Waals surface area contributed by atoms with E-state index in [1.165, 1.54) is 19.3 Å². The standard InChI is InChI=1S/C18H23ClO3/c1-12-9-14(18(17(20)21)7-2-3-8-18)16(15(19)10-12)22-11-13-5-4-6-13/h9-10,13H,2-8,11H2,1H3,(H,20,21). The predicted molar refractivity (Wildman–Crippen MR) is 86.8 cm³/mol. The van der Waals surface area contributed by atoms with Crippen molar-refractivity contribution >= 4 is 17.6 Å². The minimum atomic E-state index is -0.829. The Balaban J connectivity index is 1.98. The lowest BCUT2D eigenvalue weighted by Crippen LogP contribution is -2.33. The summed E-state index contributed by atoms with van der Waals surface area (Å²) in [5, 5.41) is 10.4. The Morgan fingerprint density at radius 3 is 2.55 bits per heavy atom. The van der Waals surface area contributed by atoms with E-state index in [4.69, 9.17) is 16.3 Å². The zero-order valence-electron chi connectivity index (χ0n) is 13.0. The second-order valence-corrected chi connectivity index (χ2v) is 7.23. The van der Waals surface area contributed by atoms with Gasteiger partial charge in [0.1, 0.15) is 5.75 Å². The molecule has 2 fully saturated rings. The Bertz CT molecular complexity index is 572. The third-order valence-electron chi connectivity index (χ3n) is 5.26. The summed E-state index contributed by atoms with van der Waals surface area (Å²) in [6.07, 6.45) is 6.89. The van der Waals surface area contributed by atoms with Gasteiger partial charge in [0.05, 0.1) is 17.0 Å². The van der Waals surface area contributed by atoms with Crippen LogP contribution in [-0.4, -0.2) is 17.7 Å². The lowest BCUT2D eigenvalue weighted by Gasteiger charge is -2.30. The number of benzene rings is 1. The van der Waals surface area contributed by atoms with E-state index in [1.54, 1.807) is 0 Å². The van der Waals surface area contributed by atoms with Gasteiger partial charge in [0, 0.05) is 5.56 Å². The molecule has 1 N–H and O–H groups in total. The van der Waals surface area contributed by atoms with Crippen LogP contribution in [0.1, 0.15) is 56.1 Å². The lowest BCUT2D eigenvalue weighted by molar-refractivity contribution is -0.143. The summed E-state index contributed by atoms with van der Waals surface area (Å²) in [6, 6.07) is 3.83. The first kappa shape index (κ1) is 15.7. The normalized spacial score (nSPS) is 20.6. The minimum absolute atomic E-state index is 0.543. The van der Waals surface area contributed by atoms with Crippen LogP contribution in [-0.2, 0) is 10.2 Å². The average molecular weight is 323 g/mol. The minimum Gasteiger partial charge on any atom is -0.491 e. The summed E-state index contributed by atoms with van der Waals surface area (Å²) in [7, 11) is 0. The van der Waals surface area contributed by atoms with Gasteiger partial charge in [-0.3, -0.25) is 4.79 Å². The first-order valence-electron chi connectivity index (χ1n) is 8.20. The summed E-state index contributed by atoms with van der Waals surface area (Å²) < 4.78 is 6.02. The highest BCUT2D eigenvalue weighted by atomic mass is 35.5. The van der Waals surface area contributed by atoms with Crippen molar-refractivity contribution < 1.29 is 14.6 Å². The van der Waals surface area contributed by atoms with Crippen molar-refractivity contribution in [1.29, 1.82) is 0 Å². The molecule has 0 amide bonds. The Hall–Kier alpha value is -1.22. The van der Waals surface area contributed by atoms with Crippen LogP contribution in [0.5, 0.6) is 5.75 Å². The summed E-state index contributed by atoms with van der Waals surface area (Å²) in [5.41, 5.74) is 0.940. The first-order chi connectivity index (χ1) is 10.5. The Morgan fingerprint density at radius 1 is 1.32 bits per heavy atom. The largest absolute Gasteiger partial charge is 0.491 e. The van der Waals surface area contributed by atoms with Gasteiger partial charge in [-0.15, -0.1) is 0 Å². The number of aryl methyl sites for hydroxylation is 1. The SMILES string of the molecule is Cc1cc(Cl)c(OCC2CCC2)c(C2(C(=O)O)CCCC2)c1.